The number of amides is 1. The Morgan fingerprint density at radius 1 is 1.15 bits per heavy atom. The fraction of sp³-hybridized carbons (Fsp3) is 0.611. The van der Waals surface area contributed by atoms with Crippen molar-refractivity contribution >= 4 is 5.91 Å². The number of alkyl halides is 3. The molecule has 0 saturated heterocycles. The van der Waals surface area contributed by atoms with Gasteiger partial charge in [-0.15, -0.1) is 0 Å². The van der Waals surface area contributed by atoms with E-state index in [0.717, 1.165) is 25.7 Å². The lowest BCUT2D eigenvalue weighted by Gasteiger charge is -2.30. The maximum atomic E-state index is 12.3. The zero-order valence-electron chi connectivity index (χ0n) is 14.6. The van der Waals surface area contributed by atoms with Gasteiger partial charge in [-0.1, -0.05) is 31.4 Å². The molecule has 0 spiro atoms. The minimum atomic E-state index is -4.45. The van der Waals surface area contributed by atoms with Crippen LogP contribution >= 0.6 is 0 Å². The second-order valence-corrected chi connectivity index (χ2v) is 6.45. The SMILES string of the molecule is NCC(NC(=O)COc1ccccc1OCC(F)(F)F)C1CCCCC1. The maximum Gasteiger partial charge on any atom is 0.422 e. The Morgan fingerprint density at radius 3 is 2.35 bits per heavy atom. The Kier molecular flexibility index (Phi) is 7.56. The fourth-order valence-corrected chi connectivity index (χ4v) is 3.15. The number of carbonyl (C=O) groups excluding carboxylic acids is 1. The van der Waals surface area contributed by atoms with Crippen LogP contribution in [0.2, 0.25) is 0 Å². The summed E-state index contributed by atoms with van der Waals surface area (Å²) in [5, 5.41) is 2.87. The first-order valence-corrected chi connectivity index (χ1v) is 8.80. The standard InChI is InChI=1S/C18H25F3N2O3/c19-18(20,21)12-26-16-9-5-4-8-15(16)25-11-17(24)23-14(10-22)13-6-2-1-3-7-13/h4-5,8-9,13-14H,1-3,6-7,10-12,22H2,(H,23,24). The number of carbonyl (C=O) groups is 1. The fourth-order valence-electron chi connectivity index (χ4n) is 3.15. The zero-order chi connectivity index (χ0) is 19.0. The van der Waals surface area contributed by atoms with Crippen molar-refractivity contribution in [2.24, 2.45) is 11.7 Å². The molecule has 26 heavy (non-hydrogen) atoms. The summed E-state index contributed by atoms with van der Waals surface area (Å²) >= 11 is 0. The molecule has 1 amide bonds. The summed E-state index contributed by atoms with van der Waals surface area (Å²) in [5.41, 5.74) is 5.78. The van der Waals surface area contributed by atoms with Gasteiger partial charge in [-0.25, -0.2) is 0 Å². The summed E-state index contributed by atoms with van der Waals surface area (Å²) in [4.78, 5) is 12.1. The number of benzene rings is 1. The molecule has 0 bridgehead atoms. The highest BCUT2D eigenvalue weighted by molar-refractivity contribution is 5.78. The molecule has 3 N–H and O–H groups in total. The van der Waals surface area contributed by atoms with E-state index in [2.05, 4.69) is 5.32 Å². The quantitative estimate of drug-likeness (QED) is 0.734. The van der Waals surface area contributed by atoms with Gasteiger partial charge >= 0.3 is 6.18 Å². The van der Waals surface area contributed by atoms with Crippen LogP contribution in [0, 0.1) is 5.92 Å². The van der Waals surface area contributed by atoms with Gasteiger partial charge in [-0.05, 0) is 30.9 Å². The number of halogens is 3. The van der Waals surface area contributed by atoms with Crippen molar-refractivity contribution in [3.63, 3.8) is 0 Å². The summed E-state index contributed by atoms with van der Waals surface area (Å²) in [5.74, 6) is 0.0471. The lowest BCUT2D eigenvalue weighted by Crippen LogP contribution is -2.47. The van der Waals surface area contributed by atoms with Gasteiger partial charge in [0.05, 0.1) is 0 Å². The average molecular weight is 374 g/mol. The first-order chi connectivity index (χ1) is 12.4. The molecule has 1 fully saturated rings. The van der Waals surface area contributed by atoms with Crippen molar-refractivity contribution in [2.45, 2.75) is 44.3 Å². The van der Waals surface area contributed by atoms with E-state index in [0.29, 0.717) is 12.5 Å². The largest absolute Gasteiger partial charge is 0.480 e. The van der Waals surface area contributed by atoms with Gasteiger partial charge in [0.2, 0.25) is 0 Å². The van der Waals surface area contributed by atoms with Crippen molar-refractivity contribution in [3.8, 4) is 11.5 Å². The highest BCUT2D eigenvalue weighted by Gasteiger charge is 2.29. The molecule has 1 aliphatic rings. The van der Waals surface area contributed by atoms with Gasteiger partial charge in [0.25, 0.3) is 5.91 Å². The van der Waals surface area contributed by atoms with Crippen LogP contribution < -0.4 is 20.5 Å². The maximum absolute atomic E-state index is 12.3. The van der Waals surface area contributed by atoms with Crippen LogP contribution in [-0.4, -0.2) is 37.9 Å². The van der Waals surface area contributed by atoms with E-state index >= 15 is 0 Å². The molecule has 1 unspecified atom stereocenters. The van der Waals surface area contributed by atoms with Gasteiger partial charge in [-0.2, -0.15) is 13.2 Å². The third-order valence-corrected chi connectivity index (χ3v) is 4.42. The van der Waals surface area contributed by atoms with E-state index in [4.69, 9.17) is 15.2 Å². The van der Waals surface area contributed by atoms with Crippen molar-refractivity contribution < 1.29 is 27.4 Å². The smallest absolute Gasteiger partial charge is 0.422 e. The summed E-state index contributed by atoms with van der Waals surface area (Å²) in [6.07, 6.45) is 1.11. The van der Waals surface area contributed by atoms with E-state index in [-0.39, 0.29) is 30.1 Å². The Morgan fingerprint density at radius 2 is 1.77 bits per heavy atom. The van der Waals surface area contributed by atoms with Crippen LogP contribution in [0.3, 0.4) is 0 Å². The predicted molar refractivity (Wildman–Crippen MR) is 91.0 cm³/mol. The van der Waals surface area contributed by atoms with Gasteiger partial charge in [0.1, 0.15) is 0 Å². The Balaban J connectivity index is 1.86. The lowest BCUT2D eigenvalue weighted by molar-refractivity contribution is -0.153. The predicted octanol–water partition coefficient (Wildman–Crippen LogP) is 3.03. The average Bonchev–Trinajstić information content (AvgIpc) is 2.63. The molecule has 0 heterocycles. The van der Waals surface area contributed by atoms with E-state index in [1.165, 1.54) is 24.6 Å². The van der Waals surface area contributed by atoms with Gasteiger partial charge in [0, 0.05) is 12.6 Å². The van der Waals surface area contributed by atoms with Crippen LogP contribution in [0.5, 0.6) is 11.5 Å². The lowest BCUT2D eigenvalue weighted by atomic mass is 9.84. The topological polar surface area (TPSA) is 73.6 Å². The van der Waals surface area contributed by atoms with E-state index in [9.17, 15) is 18.0 Å². The molecule has 0 aromatic heterocycles. The van der Waals surface area contributed by atoms with Gasteiger partial charge < -0.3 is 20.5 Å². The number of ether oxygens (including phenoxy) is 2. The van der Waals surface area contributed by atoms with E-state index in [1.54, 1.807) is 6.07 Å². The number of rotatable bonds is 8. The van der Waals surface area contributed by atoms with Crippen LogP contribution in [0.4, 0.5) is 13.2 Å². The Hall–Kier alpha value is -1.96. The normalized spacial score (nSPS) is 16.8. The first kappa shape index (κ1) is 20.4. The van der Waals surface area contributed by atoms with Crippen molar-refractivity contribution in [1.82, 2.24) is 5.32 Å². The van der Waals surface area contributed by atoms with Crippen molar-refractivity contribution in [3.05, 3.63) is 24.3 Å². The zero-order valence-corrected chi connectivity index (χ0v) is 14.6. The summed E-state index contributed by atoms with van der Waals surface area (Å²) in [6.45, 7) is -1.38. The molecule has 1 aromatic carbocycles. The van der Waals surface area contributed by atoms with E-state index in [1.807, 2.05) is 0 Å². The van der Waals surface area contributed by atoms with Crippen LogP contribution in [0.1, 0.15) is 32.1 Å². The Labute approximate surface area is 151 Å². The molecule has 1 atom stereocenters. The van der Waals surface area contributed by atoms with Gasteiger partial charge in [0.15, 0.2) is 24.7 Å². The minimum absolute atomic E-state index is 0.0553. The van der Waals surface area contributed by atoms with Gasteiger partial charge in [-0.3, -0.25) is 4.79 Å². The molecule has 0 radical (unpaired) electrons. The molecule has 146 valence electrons. The summed E-state index contributed by atoms with van der Waals surface area (Å²) in [7, 11) is 0. The molecule has 1 saturated carbocycles. The third-order valence-electron chi connectivity index (χ3n) is 4.42. The van der Waals surface area contributed by atoms with Crippen LogP contribution in [0.25, 0.3) is 0 Å². The number of para-hydroxylation sites is 2. The second kappa shape index (κ2) is 9.66. The number of hydrogen-bond acceptors (Lipinski definition) is 4. The molecule has 1 aromatic rings. The molecular formula is C18H25F3N2O3. The minimum Gasteiger partial charge on any atom is -0.480 e. The van der Waals surface area contributed by atoms with Crippen molar-refractivity contribution in [2.75, 3.05) is 19.8 Å². The molecule has 8 heteroatoms. The monoisotopic (exact) mass is 374 g/mol. The molecular weight excluding hydrogens is 349 g/mol. The first-order valence-electron chi connectivity index (χ1n) is 8.80. The molecule has 0 aliphatic heterocycles. The number of nitrogens with two attached hydrogens (primary N) is 1. The number of nitrogens with one attached hydrogen (secondary N) is 1. The van der Waals surface area contributed by atoms with E-state index < -0.39 is 12.8 Å². The van der Waals surface area contributed by atoms with Crippen LogP contribution in [-0.2, 0) is 4.79 Å². The third kappa shape index (κ3) is 6.74. The highest BCUT2D eigenvalue weighted by atomic mass is 19.4. The second-order valence-electron chi connectivity index (χ2n) is 6.45. The molecule has 2 rings (SSSR count). The molecule has 5 nitrogen and oxygen atoms in total. The van der Waals surface area contributed by atoms with Crippen LogP contribution in [0.15, 0.2) is 24.3 Å². The number of hydrogen-bond donors (Lipinski definition) is 2. The summed E-state index contributed by atoms with van der Waals surface area (Å²) < 4.78 is 47.0. The highest BCUT2D eigenvalue weighted by Crippen LogP contribution is 2.29. The summed E-state index contributed by atoms with van der Waals surface area (Å²) in [6, 6.07) is 5.84. The Bertz CT molecular complexity index is 575. The van der Waals surface area contributed by atoms with Crippen molar-refractivity contribution in [1.29, 1.82) is 0 Å². The molecule has 1 aliphatic carbocycles.